The smallest absolute Gasteiger partial charge is 0.338 e. The molecule has 1 aliphatic carbocycles. The van der Waals surface area contributed by atoms with Gasteiger partial charge in [-0.1, -0.05) is 6.07 Å². The molecule has 3 N–H and O–H groups in total. The van der Waals surface area contributed by atoms with Gasteiger partial charge in [0.2, 0.25) is 10.0 Å². The van der Waals surface area contributed by atoms with Crippen molar-refractivity contribution in [1.29, 1.82) is 0 Å². The number of nitrogens with two attached hydrogens (primary N) is 1. The number of esters is 1. The molecule has 0 spiro atoms. The zero-order chi connectivity index (χ0) is 19.6. The first-order chi connectivity index (χ1) is 12.7. The van der Waals surface area contributed by atoms with E-state index in [2.05, 4.69) is 5.32 Å². The van der Waals surface area contributed by atoms with Gasteiger partial charge in [0.05, 0.1) is 10.5 Å². The topological polar surface area (TPSA) is 116 Å². The summed E-state index contributed by atoms with van der Waals surface area (Å²) in [6.07, 6.45) is 2.04. The third-order valence-electron chi connectivity index (χ3n) is 4.44. The molecule has 0 unspecified atom stereocenters. The van der Waals surface area contributed by atoms with E-state index in [-0.39, 0.29) is 4.90 Å². The number of nitrogens with one attached hydrogen (secondary N) is 1. The van der Waals surface area contributed by atoms with E-state index in [1.165, 1.54) is 36.8 Å². The van der Waals surface area contributed by atoms with Crippen molar-refractivity contribution >= 4 is 27.6 Å². The molecule has 3 rings (SSSR count). The highest BCUT2D eigenvalue weighted by molar-refractivity contribution is 7.89. The van der Waals surface area contributed by atoms with Crippen LogP contribution in [0.15, 0.2) is 47.4 Å². The molecule has 0 saturated heterocycles. The van der Waals surface area contributed by atoms with E-state index < -0.39 is 28.0 Å². The van der Waals surface area contributed by atoms with Gasteiger partial charge in [-0.3, -0.25) is 4.79 Å². The first-order valence-electron chi connectivity index (χ1n) is 8.50. The molecule has 2 aromatic rings. The van der Waals surface area contributed by atoms with Gasteiger partial charge in [-0.25, -0.2) is 18.4 Å². The summed E-state index contributed by atoms with van der Waals surface area (Å²) in [4.78, 5) is 24.4. The van der Waals surface area contributed by atoms with Crippen molar-refractivity contribution in [3.63, 3.8) is 0 Å². The van der Waals surface area contributed by atoms with Crippen molar-refractivity contribution in [3.05, 3.63) is 59.2 Å². The van der Waals surface area contributed by atoms with Crippen LogP contribution < -0.4 is 10.5 Å². The average molecular weight is 388 g/mol. The summed E-state index contributed by atoms with van der Waals surface area (Å²) in [6, 6.07) is 10.8. The van der Waals surface area contributed by atoms with Crippen molar-refractivity contribution < 1.29 is 22.7 Å². The summed E-state index contributed by atoms with van der Waals surface area (Å²) >= 11 is 0. The molecule has 1 amide bonds. The van der Waals surface area contributed by atoms with E-state index >= 15 is 0 Å². The van der Waals surface area contributed by atoms with E-state index in [4.69, 9.17) is 9.88 Å². The molecule has 1 atom stereocenters. The van der Waals surface area contributed by atoms with Gasteiger partial charge in [0.25, 0.3) is 5.91 Å². The zero-order valence-electron chi connectivity index (χ0n) is 14.8. The molecular weight excluding hydrogens is 368 g/mol. The fourth-order valence-corrected chi connectivity index (χ4v) is 3.47. The molecular formula is C19H20N2O5S. The van der Waals surface area contributed by atoms with Crippen molar-refractivity contribution in [2.24, 2.45) is 5.14 Å². The molecule has 0 heterocycles. The van der Waals surface area contributed by atoms with Gasteiger partial charge in [0, 0.05) is 5.69 Å². The molecule has 142 valence electrons. The number of anilines is 1. The van der Waals surface area contributed by atoms with Gasteiger partial charge < -0.3 is 10.1 Å². The molecule has 0 aliphatic heterocycles. The normalized spacial score (nSPS) is 14.3. The molecule has 0 bridgehead atoms. The number of aryl methyl sites for hydroxylation is 2. The fourth-order valence-electron chi connectivity index (χ4n) is 2.95. The minimum Gasteiger partial charge on any atom is -0.449 e. The molecule has 2 aromatic carbocycles. The molecule has 0 aromatic heterocycles. The van der Waals surface area contributed by atoms with Crippen molar-refractivity contribution in [3.8, 4) is 0 Å². The van der Waals surface area contributed by atoms with Gasteiger partial charge >= 0.3 is 5.97 Å². The number of sulfonamides is 1. The number of hydrogen-bond acceptors (Lipinski definition) is 5. The van der Waals surface area contributed by atoms with E-state index in [0.717, 1.165) is 24.8 Å². The first kappa shape index (κ1) is 19.1. The van der Waals surface area contributed by atoms with Crippen LogP contribution in [0.25, 0.3) is 0 Å². The summed E-state index contributed by atoms with van der Waals surface area (Å²) in [7, 11) is -3.80. The van der Waals surface area contributed by atoms with Crippen LogP contribution in [0.4, 0.5) is 5.69 Å². The monoisotopic (exact) mass is 388 g/mol. The van der Waals surface area contributed by atoms with Crippen LogP contribution in [0.1, 0.15) is 34.8 Å². The van der Waals surface area contributed by atoms with E-state index in [0.29, 0.717) is 11.3 Å². The van der Waals surface area contributed by atoms with Crippen molar-refractivity contribution in [2.75, 3.05) is 5.32 Å². The number of benzene rings is 2. The average Bonchev–Trinajstić information content (AvgIpc) is 3.09. The number of rotatable bonds is 5. The molecule has 0 saturated carbocycles. The van der Waals surface area contributed by atoms with Crippen LogP contribution in [-0.2, 0) is 32.4 Å². The Labute approximate surface area is 157 Å². The minimum absolute atomic E-state index is 0.0587. The number of ether oxygens (including phenoxy) is 1. The lowest BCUT2D eigenvalue weighted by atomic mass is 10.1. The highest BCUT2D eigenvalue weighted by Crippen LogP contribution is 2.23. The van der Waals surface area contributed by atoms with Crippen LogP contribution in [0.3, 0.4) is 0 Å². The van der Waals surface area contributed by atoms with Crippen LogP contribution in [-0.4, -0.2) is 26.4 Å². The van der Waals surface area contributed by atoms with Crippen LogP contribution >= 0.6 is 0 Å². The summed E-state index contributed by atoms with van der Waals surface area (Å²) in [5.41, 5.74) is 3.19. The Morgan fingerprint density at radius 1 is 1.07 bits per heavy atom. The maximum atomic E-state index is 12.3. The second kappa shape index (κ2) is 7.50. The number of hydrogen-bond donors (Lipinski definition) is 2. The lowest BCUT2D eigenvalue weighted by molar-refractivity contribution is -0.123. The van der Waals surface area contributed by atoms with E-state index in [9.17, 15) is 18.0 Å². The minimum atomic E-state index is -3.80. The van der Waals surface area contributed by atoms with Gasteiger partial charge in [-0.2, -0.15) is 0 Å². The molecule has 1 aliphatic rings. The summed E-state index contributed by atoms with van der Waals surface area (Å²) in [6.45, 7) is 1.47. The highest BCUT2D eigenvalue weighted by atomic mass is 32.2. The second-order valence-corrected chi connectivity index (χ2v) is 8.00. The van der Waals surface area contributed by atoms with Crippen LogP contribution in [0.2, 0.25) is 0 Å². The number of primary sulfonamides is 1. The van der Waals surface area contributed by atoms with Gasteiger partial charge in [-0.15, -0.1) is 0 Å². The fraction of sp³-hybridized carbons (Fsp3) is 0.263. The van der Waals surface area contributed by atoms with Crippen LogP contribution in [0.5, 0.6) is 0 Å². The van der Waals surface area contributed by atoms with Gasteiger partial charge in [-0.05, 0) is 73.7 Å². The Kier molecular flexibility index (Phi) is 5.29. The quantitative estimate of drug-likeness (QED) is 0.760. The van der Waals surface area contributed by atoms with Crippen LogP contribution in [0, 0.1) is 0 Å². The molecule has 8 heteroatoms. The lowest BCUT2D eigenvalue weighted by Crippen LogP contribution is -2.30. The van der Waals surface area contributed by atoms with Gasteiger partial charge in [0.1, 0.15) is 0 Å². The summed E-state index contributed by atoms with van der Waals surface area (Å²) < 4.78 is 27.7. The highest BCUT2D eigenvalue weighted by Gasteiger charge is 2.21. The molecule has 0 fully saturated rings. The maximum Gasteiger partial charge on any atom is 0.338 e. The Morgan fingerprint density at radius 3 is 2.41 bits per heavy atom. The van der Waals surface area contributed by atoms with Crippen molar-refractivity contribution in [2.45, 2.75) is 37.2 Å². The Hall–Kier alpha value is -2.71. The lowest BCUT2D eigenvalue weighted by Gasteiger charge is -2.14. The third-order valence-corrected chi connectivity index (χ3v) is 5.37. The zero-order valence-corrected chi connectivity index (χ0v) is 15.6. The Balaban J connectivity index is 1.61. The summed E-state index contributed by atoms with van der Waals surface area (Å²) in [5.74, 6) is -1.08. The maximum absolute atomic E-state index is 12.3. The van der Waals surface area contributed by atoms with E-state index in [1.807, 2.05) is 12.1 Å². The third kappa shape index (κ3) is 4.53. The Morgan fingerprint density at radius 2 is 1.74 bits per heavy atom. The molecule has 0 radical (unpaired) electrons. The largest absolute Gasteiger partial charge is 0.449 e. The van der Waals surface area contributed by atoms with E-state index in [1.54, 1.807) is 6.07 Å². The number of fused-ring (bicyclic) bond motifs is 1. The second-order valence-electron chi connectivity index (χ2n) is 6.44. The van der Waals surface area contributed by atoms with Crippen molar-refractivity contribution in [1.82, 2.24) is 0 Å². The Bertz CT molecular complexity index is 984. The standard InChI is InChI=1S/C19H20N2O5S/c1-12(18(22)21-16-7-9-17(10-8-16)27(20,24)25)26-19(23)15-6-5-13-3-2-4-14(13)11-15/h5-12H,2-4H2,1H3,(H,21,22)(H2,20,24,25)/t12-/m0/s1. The van der Waals surface area contributed by atoms with Gasteiger partial charge in [0.15, 0.2) is 6.10 Å². The number of amides is 1. The molecule has 7 nitrogen and oxygen atoms in total. The number of carbonyl (C=O) groups is 2. The number of carbonyl (C=O) groups excluding carboxylic acids is 2. The molecule has 27 heavy (non-hydrogen) atoms. The summed E-state index contributed by atoms with van der Waals surface area (Å²) in [5, 5.41) is 7.59. The SMILES string of the molecule is C[C@H](OC(=O)c1ccc2c(c1)CCC2)C(=O)Nc1ccc(S(N)(=O)=O)cc1. The predicted molar refractivity (Wildman–Crippen MR) is 99.8 cm³/mol. The predicted octanol–water partition coefficient (Wildman–Crippen LogP) is 2.01. The first-order valence-corrected chi connectivity index (χ1v) is 10.1.